The molecule has 2 fully saturated rings. The zero-order valence-corrected chi connectivity index (χ0v) is 35.9. The van der Waals surface area contributed by atoms with Crippen molar-refractivity contribution in [3.8, 4) is 34.1 Å². The van der Waals surface area contributed by atoms with Gasteiger partial charge in [-0.2, -0.15) is 5.26 Å². The predicted octanol–water partition coefficient (Wildman–Crippen LogP) is 10.9. The molecule has 2 aliphatic heterocycles. The normalized spacial score (nSPS) is 18.0. The highest BCUT2D eigenvalue weighted by Gasteiger charge is 2.44. The molecule has 2 amide bonds. The van der Waals surface area contributed by atoms with E-state index in [9.17, 15) is 29.4 Å². The van der Waals surface area contributed by atoms with Crippen LogP contribution in [0.25, 0.3) is 22.3 Å². The van der Waals surface area contributed by atoms with Crippen molar-refractivity contribution in [3.05, 3.63) is 183 Å². The molecule has 12 heteroatoms. The average molecular weight is 911 g/mol. The van der Waals surface area contributed by atoms with Crippen LogP contribution in [0.5, 0.6) is 5.75 Å². The van der Waals surface area contributed by atoms with Gasteiger partial charge in [0, 0.05) is 26.2 Å². The van der Waals surface area contributed by atoms with Crippen LogP contribution in [-0.4, -0.2) is 63.0 Å². The van der Waals surface area contributed by atoms with Crippen LogP contribution in [0.2, 0.25) is 5.02 Å². The first kappa shape index (κ1) is 43.4. The zero-order chi connectivity index (χ0) is 43.9. The Morgan fingerprint density at radius 3 is 1.69 bits per heavy atom. The molecule has 6 aromatic rings. The molecule has 2 aliphatic rings. The topological polar surface area (TPSA) is 148 Å². The number of carboxylic acids is 2. The number of methoxy groups -OCH3 is 1. The Kier molecular flexibility index (Phi) is 13.5. The van der Waals surface area contributed by atoms with Gasteiger partial charge in [0.2, 0.25) is 0 Å². The maximum atomic E-state index is 13.5. The molecule has 6 aromatic carbocycles. The molecule has 2 heterocycles. The summed E-state index contributed by atoms with van der Waals surface area (Å²) in [7, 11) is 1.62. The lowest BCUT2D eigenvalue weighted by molar-refractivity contribution is -0.142. The number of hydrogen-bond donors (Lipinski definition) is 2. The monoisotopic (exact) mass is 909 g/mol. The van der Waals surface area contributed by atoms with E-state index in [1.807, 2.05) is 91.0 Å². The van der Waals surface area contributed by atoms with Gasteiger partial charge in [-0.1, -0.05) is 119 Å². The van der Waals surface area contributed by atoms with Crippen LogP contribution in [0, 0.1) is 11.3 Å². The van der Waals surface area contributed by atoms with E-state index in [1.54, 1.807) is 61.7 Å². The molecule has 0 spiro atoms. The van der Waals surface area contributed by atoms with Crippen LogP contribution < -0.4 is 4.74 Å². The van der Waals surface area contributed by atoms with Crippen LogP contribution in [0.1, 0.15) is 75.2 Å². The van der Waals surface area contributed by atoms with Gasteiger partial charge in [-0.15, -0.1) is 0 Å². The molecule has 2 N–H and O–H groups in total. The molecule has 8 rings (SSSR count). The van der Waals surface area contributed by atoms with Crippen LogP contribution in [0.15, 0.2) is 150 Å². The standard InChI is InChI=1S/C25H22BrNO4.C25H19ClN2O3/c1-31-23-9-5-3-6-18(23)16-10-12-17(13-11-16)24(28)27-21(14-15-22(27)25(29)30)19-7-2-4-8-20(19)26;26-21-7-2-1-6-20(21)22-12-13-23(25(30)31)28(22)24(29)18-10-8-17(9-11-18)19-5-3-4-16(14-19)15-27/h2-13,21-22H,14-15H2,1H3,(H,29,30);1-11,14,22-23H,12-13H2,(H,30,31)/t21-,22+;22-,23+/m11/s1. The van der Waals surface area contributed by atoms with Gasteiger partial charge in [-0.3, -0.25) is 9.59 Å². The second-order valence-corrected chi connectivity index (χ2v) is 16.2. The smallest absolute Gasteiger partial charge is 0.326 e. The Labute approximate surface area is 372 Å². The maximum Gasteiger partial charge on any atom is 0.326 e. The van der Waals surface area contributed by atoms with E-state index in [1.165, 1.54) is 9.80 Å². The Bertz CT molecular complexity index is 2670. The van der Waals surface area contributed by atoms with Gasteiger partial charge in [0.15, 0.2) is 0 Å². The lowest BCUT2D eigenvalue weighted by Crippen LogP contribution is -2.41. The fraction of sp³-hybridized carbons (Fsp3) is 0.180. The summed E-state index contributed by atoms with van der Waals surface area (Å²) in [6.45, 7) is 0. The first-order chi connectivity index (χ1) is 30.0. The zero-order valence-electron chi connectivity index (χ0n) is 33.5. The Morgan fingerprint density at radius 2 is 1.15 bits per heavy atom. The van der Waals surface area contributed by atoms with Gasteiger partial charge >= 0.3 is 11.9 Å². The maximum absolute atomic E-state index is 13.5. The third-order valence-corrected chi connectivity index (χ3v) is 12.4. The number of likely N-dealkylation sites (tertiary alicyclic amines) is 2. The van der Waals surface area contributed by atoms with Gasteiger partial charge in [0.05, 0.1) is 30.8 Å². The third-order valence-electron chi connectivity index (χ3n) is 11.3. The molecule has 2 saturated heterocycles. The number of aliphatic carboxylic acids is 2. The van der Waals surface area contributed by atoms with E-state index in [4.69, 9.17) is 21.6 Å². The number of rotatable bonds is 9. The van der Waals surface area contributed by atoms with Crippen LogP contribution in [0.4, 0.5) is 0 Å². The number of halogens is 2. The largest absolute Gasteiger partial charge is 0.496 e. The summed E-state index contributed by atoms with van der Waals surface area (Å²) in [4.78, 5) is 53.5. The summed E-state index contributed by atoms with van der Waals surface area (Å²) in [5.74, 6) is -1.87. The molecule has 312 valence electrons. The van der Waals surface area contributed by atoms with Gasteiger partial charge < -0.3 is 24.7 Å². The Hall–Kier alpha value is -6.74. The summed E-state index contributed by atoms with van der Waals surface area (Å²) in [5, 5.41) is 29.1. The number of carbonyl (C=O) groups excluding carboxylic acids is 2. The Balaban J connectivity index is 0.000000186. The van der Waals surface area contributed by atoms with Gasteiger partial charge in [-0.05, 0) is 108 Å². The van der Waals surface area contributed by atoms with E-state index in [0.717, 1.165) is 43.6 Å². The van der Waals surface area contributed by atoms with Crippen molar-refractivity contribution in [2.75, 3.05) is 7.11 Å². The number of para-hydroxylation sites is 1. The quantitative estimate of drug-likeness (QED) is 0.146. The van der Waals surface area contributed by atoms with Gasteiger partial charge in [0.1, 0.15) is 17.8 Å². The molecule has 0 radical (unpaired) electrons. The molecule has 0 bridgehead atoms. The lowest BCUT2D eigenvalue weighted by Gasteiger charge is -2.29. The summed E-state index contributed by atoms with van der Waals surface area (Å²) < 4.78 is 6.30. The first-order valence-electron chi connectivity index (χ1n) is 19.9. The highest BCUT2D eigenvalue weighted by molar-refractivity contribution is 9.10. The molecule has 0 unspecified atom stereocenters. The van der Waals surface area contributed by atoms with E-state index in [0.29, 0.717) is 47.4 Å². The highest BCUT2D eigenvalue weighted by atomic mass is 79.9. The van der Waals surface area contributed by atoms with E-state index in [2.05, 4.69) is 22.0 Å². The number of nitriles is 1. The fourth-order valence-electron chi connectivity index (χ4n) is 8.32. The minimum Gasteiger partial charge on any atom is -0.496 e. The molecule has 10 nitrogen and oxygen atoms in total. The van der Waals surface area contributed by atoms with Gasteiger partial charge in [-0.25, -0.2) is 9.59 Å². The van der Waals surface area contributed by atoms with Crippen LogP contribution >= 0.6 is 27.5 Å². The minimum atomic E-state index is -1.02. The van der Waals surface area contributed by atoms with Gasteiger partial charge in [0.25, 0.3) is 11.8 Å². The molecule has 0 aromatic heterocycles. The summed E-state index contributed by atoms with van der Waals surface area (Å²) >= 11 is 9.90. The number of ether oxygens (including phenoxy) is 1. The molecular weight excluding hydrogens is 870 g/mol. The van der Waals surface area contributed by atoms with Crippen LogP contribution in [-0.2, 0) is 9.59 Å². The summed E-state index contributed by atoms with van der Waals surface area (Å²) in [6.07, 6.45) is 1.93. The van der Waals surface area contributed by atoms with Crippen molar-refractivity contribution in [1.29, 1.82) is 5.26 Å². The van der Waals surface area contributed by atoms with Crippen molar-refractivity contribution in [2.45, 2.75) is 49.9 Å². The molecule has 62 heavy (non-hydrogen) atoms. The van der Waals surface area contributed by atoms with Crippen LogP contribution in [0.3, 0.4) is 0 Å². The first-order valence-corrected chi connectivity index (χ1v) is 21.1. The van der Waals surface area contributed by atoms with E-state index < -0.39 is 30.1 Å². The number of carboxylic acid groups (broad SMARTS) is 2. The Morgan fingerprint density at radius 1 is 0.629 bits per heavy atom. The third kappa shape index (κ3) is 9.12. The molecular formula is C50H41BrClN3O7. The summed E-state index contributed by atoms with van der Waals surface area (Å²) in [6, 6.07) is 43.7. The number of amides is 2. The second kappa shape index (κ2) is 19.3. The second-order valence-electron chi connectivity index (χ2n) is 14.9. The predicted molar refractivity (Wildman–Crippen MR) is 240 cm³/mol. The van der Waals surface area contributed by atoms with E-state index in [-0.39, 0.29) is 17.9 Å². The number of nitrogens with zero attached hydrogens (tertiary/aromatic N) is 3. The number of hydrogen-bond acceptors (Lipinski definition) is 6. The van der Waals surface area contributed by atoms with E-state index >= 15 is 0 Å². The average Bonchev–Trinajstić information content (AvgIpc) is 3.96. The molecule has 0 aliphatic carbocycles. The summed E-state index contributed by atoms with van der Waals surface area (Å²) in [5.41, 5.74) is 6.70. The van der Waals surface area contributed by atoms with Crippen molar-refractivity contribution < 1.29 is 34.1 Å². The molecule has 4 atom stereocenters. The highest BCUT2D eigenvalue weighted by Crippen LogP contribution is 2.42. The lowest BCUT2D eigenvalue weighted by atomic mass is 10.0. The fourth-order valence-corrected chi connectivity index (χ4v) is 9.13. The number of benzene rings is 6. The SMILES string of the molecule is COc1ccccc1-c1ccc(C(=O)N2[C@@H](c3ccccc3Br)CC[C@H]2C(=O)O)cc1.N#Cc1cccc(-c2ccc(C(=O)N3[C@@H](c4ccccc4Cl)CC[C@H]3C(=O)O)cc2)c1. The van der Waals surface area contributed by atoms with Crippen molar-refractivity contribution in [3.63, 3.8) is 0 Å². The minimum absolute atomic E-state index is 0.280. The molecule has 0 saturated carbocycles. The van der Waals surface area contributed by atoms with Crippen molar-refractivity contribution in [1.82, 2.24) is 9.80 Å². The van der Waals surface area contributed by atoms with Crippen molar-refractivity contribution >= 4 is 51.3 Å². The van der Waals surface area contributed by atoms with Crippen molar-refractivity contribution in [2.24, 2.45) is 0 Å². The number of carbonyl (C=O) groups is 4.